The first-order valence-electron chi connectivity index (χ1n) is 7.86. The third-order valence-corrected chi connectivity index (χ3v) is 5.29. The van der Waals surface area contributed by atoms with Crippen LogP contribution in [0.2, 0.25) is 0 Å². The van der Waals surface area contributed by atoms with E-state index in [-0.39, 0.29) is 5.82 Å². The normalized spacial score (nSPS) is 17.5. The van der Waals surface area contributed by atoms with Gasteiger partial charge in [0, 0.05) is 38.1 Å². The third-order valence-electron chi connectivity index (χ3n) is 4.27. The van der Waals surface area contributed by atoms with Crippen LogP contribution in [0.4, 0.5) is 9.52 Å². The van der Waals surface area contributed by atoms with Crippen LogP contribution in [0.25, 0.3) is 0 Å². The Balaban J connectivity index is 1.56. The molecule has 0 spiro atoms. The molecular weight excluding hydrogens is 313 g/mol. The summed E-state index contributed by atoms with van der Waals surface area (Å²) >= 11 is 1.68. The summed E-state index contributed by atoms with van der Waals surface area (Å²) in [7, 11) is 0. The van der Waals surface area contributed by atoms with Gasteiger partial charge in [-0.3, -0.25) is 4.90 Å². The van der Waals surface area contributed by atoms with Crippen LogP contribution in [0.15, 0.2) is 23.6 Å². The predicted molar refractivity (Wildman–Crippen MR) is 91.6 cm³/mol. The van der Waals surface area contributed by atoms with Crippen LogP contribution in [0.3, 0.4) is 0 Å². The molecule has 1 aromatic heterocycles. The fourth-order valence-electron chi connectivity index (χ4n) is 2.96. The topological polar surface area (TPSA) is 39.6 Å². The van der Waals surface area contributed by atoms with Crippen LogP contribution in [0.1, 0.15) is 22.9 Å². The first-order valence-corrected chi connectivity index (χ1v) is 8.74. The number of anilines is 1. The molecule has 0 amide bonds. The minimum Gasteiger partial charge on any atom is -0.387 e. The van der Waals surface area contributed by atoms with E-state index in [9.17, 15) is 9.50 Å². The molecule has 2 heterocycles. The van der Waals surface area contributed by atoms with E-state index in [0.717, 1.165) is 48.1 Å². The molecule has 1 aromatic carbocycles. The molecular formula is C17H22FN3OS. The number of rotatable bonds is 4. The van der Waals surface area contributed by atoms with E-state index < -0.39 is 6.10 Å². The Kier molecular flexibility index (Phi) is 4.94. The summed E-state index contributed by atoms with van der Waals surface area (Å²) in [4.78, 5) is 9.08. The fraction of sp³-hybridized carbons (Fsp3) is 0.471. The van der Waals surface area contributed by atoms with Crippen LogP contribution in [0.5, 0.6) is 0 Å². The van der Waals surface area contributed by atoms with Gasteiger partial charge in [-0.05, 0) is 37.1 Å². The summed E-state index contributed by atoms with van der Waals surface area (Å²) in [6.45, 7) is 8.06. The molecule has 0 aliphatic carbocycles. The van der Waals surface area contributed by atoms with Gasteiger partial charge in [0.25, 0.3) is 0 Å². The average Bonchev–Trinajstić information content (AvgIpc) is 2.94. The molecule has 1 aliphatic heterocycles. The lowest BCUT2D eigenvalue weighted by atomic mass is 10.0. The van der Waals surface area contributed by atoms with Crippen molar-refractivity contribution in [2.45, 2.75) is 20.0 Å². The standard InChI is InChI=1S/C17H22FN3OS/c1-12-9-14(18)3-4-15(12)16(22)10-20-5-7-21(8-6-20)17-19-13(2)11-23-17/h3-4,9,11,16,22H,5-8,10H2,1-2H3. The Hall–Kier alpha value is -1.50. The highest BCUT2D eigenvalue weighted by Crippen LogP contribution is 2.23. The zero-order chi connectivity index (χ0) is 16.4. The summed E-state index contributed by atoms with van der Waals surface area (Å²) in [5.74, 6) is -0.259. The van der Waals surface area contributed by atoms with Crippen LogP contribution in [0, 0.1) is 19.7 Å². The molecule has 4 nitrogen and oxygen atoms in total. The molecule has 0 radical (unpaired) electrons. The molecule has 1 unspecified atom stereocenters. The van der Waals surface area contributed by atoms with E-state index in [1.807, 2.05) is 13.8 Å². The van der Waals surface area contributed by atoms with E-state index in [1.54, 1.807) is 17.4 Å². The Bertz CT molecular complexity index is 668. The summed E-state index contributed by atoms with van der Waals surface area (Å²) in [5, 5.41) is 13.6. The molecule has 1 atom stereocenters. The van der Waals surface area contributed by atoms with Crippen molar-refractivity contribution in [2.75, 3.05) is 37.6 Å². The second-order valence-corrected chi connectivity index (χ2v) is 6.91. The molecule has 1 saturated heterocycles. The molecule has 3 rings (SSSR count). The van der Waals surface area contributed by atoms with Crippen LogP contribution < -0.4 is 4.90 Å². The Morgan fingerprint density at radius 1 is 1.26 bits per heavy atom. The lowest BCUT2D eigenvalue weighted by molar-refractivity contribution is 0.109. The van der Waals surface area contributed by atoms with Crippen molar-refractivity contribution in [3.8, 4) is 0 Å². The van der Waals surface area contributed by atoms with E-state index in [1.165, 1.54) is 12.1 Å². The minimum absolute atomic E-state index is 0.259. The van der Waals surface area contributed by atoms with Crippen LogP contribution in [-0.2, 0) is 0 Å². The number of thiazole rings is 1. The van der Waals surface area contributed by atoms with Crippen molar-refractivity contribution in [1.82, 2.24) is 9.88 Å². The van der Waals surface area contributed by atoms with Crippen molar-refractivity contribution in [3.05, 3.63) is 46.2 Å². The molecule has 1 fully saturated rings. The van der Waals surface area contributed by atoms with Gasteiger partial charge >= 0.3 is 0 Å². The van der Waals surface area contributed by atoms with Crippen molar-refractivity contribution in [1.29, 1.82) is 0 Å². The molecule has 1 N–H and O–H groups in total. The molecule has 23 heavy (non-hydrogen) atoms. The maximum absolute atomic E-state index is 13.2. The first-order chi connectivity index (χ1) is 11.0. The van der Waals surface area contributed by atoms with Gasteiger partial charge in [-0.1, -0.05) is 6.07 Å². The molecule has 1 aliphatic rings. The van der Waals surface area contributed by atoms with E-state index in [4.69, 9.17) is 0 Å². The van der Waals surface area contributed by atoms with Crippen molar-refractivity contribution < 1.29 is 9.50 Å². The van der Waals surface area contributed by atoms with Gasteiger partial charge in [-0.2, -0.15) is 0 Å². The van der Waals surface area contributed by atoms with E-state index >= 15 is 0 Å². The summed E-state index contributed by atoms with van der Waals surface area (Å²) < 4.78 is 13.2. The lowest BCUT2D eigenvalue weighted by Gasteiger charge is -2.35. The monoisotopic (exact) mass is 335 g/mol. The highest BCUT2D eigenvalue weighted by molar-refractivity contribution is 7.13. The van der Waals surface area contributed by atoms with Gasteiger partial charge in [0.2, 0.25) is 0 Å². The molecule has 6 heteroatoms. The number of aliphatic hydroxyl groups excluding tert-OH is 1. The molecule has 0 saturated carbocycles. The predicted octanol–water partition coefficient (Wildman–Crippen LogP) is 2.75. The maximum atomic E-state index is 13.2. The van der Waals surface area contributed by atoms with Gasteiger partial charge in [0.1, 0.15) is 5.82 Å². The molecule has 124 valence electrons. The number of nitrogens with zero attached hydrogens (tertiary/aromatic N) is 3. The third kappa shape index (κ3) is 3.88. The zero-order valence-electron chi connectivity index (χ0n) is 13.5. The molecule has 0 bridgehead atoms. The minimum atomic E-state index is -0.579. The largest absolute Gasteiger partial charge is 0.387 e. The number of hydrogen-bond acceptors (Lipinski definition) is 5. The second-order valence-electron chi connectivity index (χ2n) is 6.08. The van der Waals surface area contributed by atoms with E-state index in [0.29, 0.717) is 6.54 Å². The lowest BCUT2D eigenvalue weighted by Crippen LogP contribution is -2.47. The zero-order valence-corrected chi connectivity index (χ0v) is 14.3. The number of aryl methyl sites for hydroxylation is 2. The number of benzene rings is 1. The first kappa shape index (κ1) is 16.4. The number of hydrogen-bond donors (Lipinski definition) is 1. The summed E-state index contributed by atoms with van der Waals surface area (Å²) in [6.07, 6.45) is -0.579. The van der Waals surface area contributed by atoms with Gasteiger partial charge in [-0.15, -0.1) is 11.3 Å². The fourth-order valence-corrected chi connectivity index (χ4v) is 3.82. The number of aliphatic hydroxyl groups is 1. The summed E-state index contributed by atoms with van der Waals surface area (Å²) in [6, 6.07) is 4.57. The highest BCUT2D eigenvalue weighted by Gasteiger charge is 2.22. The highest BCUT2D eigenvalue weighted by atomic mass is 32.1. The number of halogens is 1. The van der Waals surface area contributed by atoms with Crippen LogP contribution >= 0.6 is 11.3 Å². The van der Waals surface area contributed by atoms with Gasteiger partial charge < -0.3 is 10.0 Å². The summed E-state index contributed by atoms with van der Waals surface area (Å²) in [5.41, 5.74) is 2.67. The van der Waals surface area contributed by atoms with Crippen molar-refractivity contribution in [3.63, 3.8) is 0 Å². The number of piperazine rings is 1. The number of β-amino-alcohol motifs (C(OH)–C–C–N with tert-alkyl or cyclic N) is 1. The van der Waals surface area contributed by atoms with Gasteiger partial charge in [0.05, 0.1) is 11.8 Å². The Morgan fingerprint density at radius 2 is 2.00 bits per heavy atom. The molecule has 2 aromatic rings. The van der Waals surface area contributed by atoms with Crippen molar-refractivity contribution >= 4 is 16.5 Å². The van der Waals surface area contributed by atoms with E-state index in [2.05, 4.69) is 20.2 Å². The SMILES string of the molecule is Cc1csc(N2CCN(CC(O)c3ccc(F)cc3C)CC2)n1. The average molecular weight is 335 g/mol. The smallest absolute Gasteiger partial charge is 0.185 e. The van der Waals surface area contributed by atoms with Crippen LogP contribution in [-0.4, -0.2) is 47.7 Å². The van der Waals surface area contributed by atoms with Gasteiger partial charge in [0.15, 0.2) is 5.13 Å². The van der Waals surface area contributed by atoms with Crippen molar-refractivity contribution in [2.24, 2.45) is 0 Å². The van der Waals surface area contributed by atoms with Gasteiger partial charge in [-0.25, -0.2) is 9.37 Å². The second kappa shape index (κ2) is 6.95. The maximum Gasteiger partial charge on any atom is 0.185 e. The Labute approximate surface area is 140 Å². The number of aromatic nitrogens is 1. The quantitative estimate of drug-likeness (QED) is 0.933. The Morgan fingerprint density at radius 3 is 2.61 bits per heavy atom.